The number of rotatable bonds is 7. The van der Waals surface area contributed by atoms with E-state index in [1.165, 1.54) is 4.31 Å². The summed E-state index contributed by atoms with van der Waals surface area (Å²) in [5.74, 6) is 0. The van der Waals surface area contributed by atoms with E-state index in [0.29, 0.717) is 17.9 Å². The molecule has 1 aromatic rings. The predicted molar refractivity (Wildman–Crippen MR) is 92.7 cm³/mol. The normalized spacial score (nSPS) is 22.4. The van der Waals surface area contributed by atoms with Crippen molar-refractivity contribution < 1.29 is 13.2 Å². The van der Waals surface area contributed by atoms with E-state index in [-0.39, 0.29) is 6.04 Å². The second kappa shape index (κ2) is 8.08. The molecule has 4 nitrogen and oxygen atoms in total. The van der Waals surface area contributed by atoms with Crippen molar-refractivity contribution in [1.82, 2.24) is 4.31 Å². The number of hydrogen-bond donors (Lipinski definition) is 0. The van der Waals surface area contributed by atoms with Crippen molar-refractivity contribution in [1.29, 1.82) is 0 Å². The lowest BCUT2D eigenvalue weighted by Crippen LogP contribution is -2.48. The van der Waals surface area contributed by atoms with Gasteiger partial charge in [-0.1, -0.05) is 43.5 Å². The van der Waals surface area contributed by atoms with Gasteiger partial charge in [0.1, 0.15) is 6.23 Å². The van der Waals surface area contributed by atoms with Crippen LogP contribution in [0.25, 0.3) is 0 Å². The first-order valence-corrected chi connectivity index (χ1v) is 9.79. The molecule has 1 heterocycles. The highest BCUT2D eigenvalue weighted by atomic mass is 32.2. The summed E-state index contributed by atoms with van der Waals surface area (Å²) in [6, 6.07) is 6.89. The molecule has 0 fully saturated rings. The van der Waals surface area contributed by atoms with E-state index >= 15 is 0 Å². The third kappa shape index (κ3) is 4.43. The fraction of sp³-hybridized carbons (Fsp3) is 0.556. The molecule has 0 unspecified atom stereocenters. The van der Waals surface area contributed by atoms with Crippen LogP contribution in [0.1, 0.15) is 45.1 Å². The number of unbranched alkanes of at least 4 members (excludes halogenated alkanes) is 2. The van der Waals surface area contributed by atoms with E-state index < -0.39 is 16.3 Å². The molecule has 0 saturated carbocycles. The van der Waals surface area contributed by atoms with Gasteiger partial charge in [0.15, 0.2) is 0 Å². The number of nitrogens with zero attached hydrogens (tertiary/aromatic N) is 1. The Morgan fingerprint density at radius 3 is 2.57 bits per heavy atom. The standard InChI is InChI=1S/C18H27NO3S/c1-4-5-6-14-22-18-9-7-8-16(3)19(18)23(20,21)17-12-10-15(2)11-13-17/h7,9-13,16,18H,4-6,8,14H2,1-3H3/t16-,18+/m0/s1. The van der Waals surface area contributed by atoms with Crippen LogP contribution in [-0.2, 0) is 14.8 Å². The van der Waals surface area contributed by atoms with Gasteiger partial charge in [-0.25, -0.2) is 8.42 Å². The summed E-state index contributed by atoms with van der Waals surface area (Å²) in [6.45, 7) is 6.59. The summed E-state index contributed by atoms with van der Waals surface area (Å²) in [6.07, 6.45) is 7.23. The first-order valence-electron chi connectivity index (χ1n) is 8.35. The Morgan fingerprint density at radius 1 is 1.22 bits per heavy atom. The number of ether oxygens (including phenoxy) is 1. The zero-order valence-corrected chi connectivity index (χ0v) is 15.1. The van der Waals surface area contributed by atoms with Gasteiger partial charge in [-0.3, -0.25) is 0 Å². The van der Waals surface area contributed by atoms with E-state index in [2.05, 4.69) is 6.92 Å². The first kappa shape index (κ1) is 18.2. The largest absolute Gasteiger partial charge is 0.358 e. The zero-order valence-electron chi connectivity index (χ0n) is 14.2. The van der Waals surface area contributed by atoms with E-state index in [0.717, 1.165) is 24.8 Å². The first-order chi connectivity index (χ1) is 11.0. The lowest BCUT2D eigenvalue weighted by Gasteiger charge is -2.36. The van der Waals surface area contributed by atoms with Gasteiger partial charge in [-0.2, -0.15) is 4.31 Å². The average Bonchev–Trinajstić information content (AvgIpc) is 2.52. The second-order valence-corrected chi connectivity index (χ2v) is 7.97. The van der Waals surface area contributed by atoms with Gasteiger partial charge in [0.25, 0.3) is 0 Å². The van der Waals surface area contributed by atoms with Crippen LogP contribution >= 0.6 is 0 Å². The topological polar surface area (TPSA) is 46.6 Å². The average molecular weight is 337 g/mol. The molecule has 0 amide bonds. The Morgan fingerprint density at radius 2 is 1.91 bits per heavy atom. The maximum absolute atomic E-state index is 13.0. The highest BCUT2D eigenvalue weighted by molar-refractivity contribution is 7.89. The molecule has 0 bridgehead atoms. The molecule has 1 aliphatic heterocycles. The summed E-state index contributed by atoms with van der Waals surface area (Å²) >= 11 is 0. The SMILES string of the molecule is CCCCCO[C@@H]1C=CC[C@H](C)N1S(=O)(=O)c1ccc(C)cc1. The third-order valence-corrected chi connectivity index (χ3v) is 6.09. The number of benzene rings is 1. The van der Waals surface area contributed by atoms with E-state index in [9.17, 15) is 8.42 Å². The Bertz CT molecular complexity index is 622. The summed E-state index contributed by atoms with van der Waals surface area (Å²) in [7, 11) is -3.56. The lowest BCUT2D eigenvalue weighted by molar-refractivity contribution is -0.00585. The minimum absolute atomic E-state index is 0.109. The van der Waals surface area contributed by atoms with Crippen LogP contribution in [0.3, 0.4) is 0 Å². The summed E-state index contributed by atoms with van der Waals surface area (Å²) < 4.78 is 33.4. The van der Waals surface area contributed by atoms with Crippen LogP contribution in [0.5, 0.6) is 0 Å². The monoisotopic (exact) mass is 337 g/mol. The fourth-order valence-corrected chi connectivity index (χ4v) is 4.41. The van der Waals surface area contributed by atoms with Crippen molar-refractivity contribution in [2.75, 3.05) is 6.61 Å². The highest BCUT2D eigenvalue weighted by Crippen LogP contribution is 2.27. The van der Waals surface area contributed by atoms with Gasteiger partial charge in [0.2, 0.25) is 10.0 Å². The Labute approximate surface area is 140 Å². The lowest BCUT2D eigenvalue weighted by atomic mass is 10.1. The summed E-state index contributed by atoms with van der Waals surface area (Å²) in [5.41, 5.74) is 1.04. The van der Waals surface area contributed by atoms with E-state index in [4.69, 9.17) is 4.74 Å². The van der Waals surface area contributed by atoms with Crippen molar-refractivity contribution in [3.05, 3.63) is 42.0 Å². The van der Waals surface area contributed by atoms with Crippen LogP contribution < -0.4 is 0 Å². The molecule has 2 atom stereocenters. The predicted octanol–water partition coefficient (Wildman–Crippen LogP) is 3.87. The minimum Gasteiger partial charge on any atom is -0.358 e. The van der Waals surface area contributed by atoms with Gasteiger partial charge in [-0.15, -0.1) is 0 Å². The van der Waals surface area contributed by atoms with Crippen LogP contribution in [0.2, 0.25) is 0 Å². The molecule has 1 aromatic carbocycles. The van der Waals surface area contributed by atoms with Crippen LogP contribution in [0.4, 0.5) is 0 Å². The van der Waals surface area contributed by atoms with Crippen molar-refractivity contribution in [3.63, 3.8) is 0 Å². The molecule has 0 radical (unpaired) electrons. The Balaban J connectivity index is 2.21. The molecule has 1 aliphatic rings. The van der Waals surface area contributed by atoms with E-state index in [1.807, 2.05) is 38.1 Å². The van der Waals surface area contributed by atoms with Crippen molar-refractivity contribution >= 4 is 10.0 Å². The maximum Gasteiger partial charge on any atom is 0.245 e. The van der Waals surface area contributed by atoms with Gasteiger partial charge in [0.05, 0.1) is 4.90 Å². The van der Waals surface area contributed by atoms with Gasteiger partial charge in [-0.05, 0) is 44.9 Å². The van der Waals surface area contributed by atoms with Crippen LogP contribution in [0.15, 0.2) is 41.3 Å². The van der Waals surface area contributed by atoms with Crippen molar-refractivity contribution in [2.45, 2.75) is 63.6 Å². The van der Waals surface area contributed by atoms with E-state index in [1.54, 1.807) is 12.1 Å². The molecule has 0 aliphatic carbocycles. The number of sulfonamides is 1. The third-order valence-electron chi connectivity index (χ3n) is 4.10. The maximum atomic E-state index is 13.0. The van der Waals surface area contributed by atoms with Crippen LogP contribution in [0, 0.1) is 6.92 Å². The number of hydrogen-bond acceptors (Lipinski definition) is 3. The smallest absolute Gasteiger partial charge is 0.245 e. The zero-order chi connectivity index (χ0) is 16.9. The van der Waals surface area contributed by atoms with Gasteiger partial charge < -0.3 is 4.74 Å². The summed E-state index contributed by atoms with van der Waals surface area (Å²) in [4.78, 5) is 0.326. The molecule has 23 heavy (non-hydrogen) atoms. The Kier molecular flexibility index (Phi) is 6.39. The van der Waals surface area contributed by atoms with Crippen molar-refractivity contribution in [2.24, 2.45) is 0 Å². The number of aryl methyl sites for hydroxylation is 1. The molecule has 2 rings (SSSR count). The summed E-state index contributed by atoms with van der Waals surface area (Å²) in [5, 5.41) is 0. The van der Waals surface area contributed by atoms with Crippen molar-refractivity contribution in [3.8, 4) is 0 Å². The molecule has 0 N–H and O–H groups in total. The van der Waals surface area contributed by atoms with Crippen LogP contribution in [-0.4, -0.2) is 31.6 Å². The molecule has 5 heteroatoms. The molecular weight excluding hydrogens is 310 g/mol. The molecule has 0 saturated heterocycles. The van der Waals surface area contributed by atoms with Gasteiger partial charge in [0, 0.05) is 12.6 Å². The molecule has 0 aromatic heterocycles. The van der Waals surface area contributed by atoms with Gasteiger partial charge >= 0.3 is 0 Å². The molecular formula is C18H27NO3S. The molecule has 0 spiro atoms. The highest BCUT2D eigenvalue weighted by Gasteiger charge is 2.36. The quantitative estimate of drug-likeness (QED) is 0.560. The fourth-order valence-electron chi connectivity index (χ4n) is 2.72. The molecule has 128 valence electrons. The Hall–Kier alpha value is -1.17. The second-order valence-electron chi connectivity index (χ2n) is 6.13. The minimum atomic E-state index is -3.56.